The maximum Gasteiger partial charge on any atom is 0.224 e. The molecule has 3 rings (SSSR count). The quantitative estimate of drug-likeness (QED) is 0.856. The van der Waals surface area contributed by atoms with Crippen molar-refractivity contribution in [1.29, 1.82) is 0 Å². The lowest BCUT2D eigenvalue weighted by Crippen LogP contribution is -2.38. The van der Waals surface area contributed by atoms with Gasteiger partial charge in [-0.3, -0.25) is 4.79 Å². The third-order valence-corrected chi connectivity index (χ3v) is 4.85. The van der Waals surface area contributed by atoms with Gasteiger partial charge in [0.1, 0.15) is 0 Å². The molecule has 1 aliphatic heterocycles. The highest BCUT2D eigenvalue weighted by atomic mass is 16.1. The summed E-state index contributed by atoms with van der Waals surface area (Å²) >= 11 is 0. The van der Waals surface area contributed by atoms with Crippen LogP contribution in [0.2, 0.25) is 0 Å². The Hall–Kier alpha value is -1.51. The minimum absolute atomic E-state index is 0.131. The van der Waals surface area contributed by atoms with Crippen molar-refractivity contribution in [2.24, 2.45) is 5.41 Å². The summed E-state index contributed by atoms with van der Waals surface area (Å²) in [6.07, 6.45) is 6.67. The van der Waals surface area contributed by atoms with Gasteiger partial charge in [0.15, 0.2) is 0 Å². The molecule has 1 saturated carbocycles. The molecule has 2 N–H and O–H groups in total. The number of hydrogen-bond acceptors (Lipinski definition) is 2. The minimum atomic E-state index is 0.131. The normalized spacial score (nSPS) is 24.7. The maximum atomic E-state index is 11.4. The van der Waals surface area contributed by atoms with E-state index in [-0.39, 0.29) is 5.91 Å². The van der Waals surface area contributed by atoms with Crippen molar-refractivity contribution in [3.05, 3.63) is 23.8 Å². The van der Waals surface area contributed by atoms with Crippen LogP contribution in [0.3, 0.4) is 0 Å². The molecule has 2 aliphatic rings. The van der Waals surface area contributed by atoms with Crippen LogP contribution in [0.1, 0.15) is 51.5 Å². The molecule has 1 aromatic rings. The van der Waals surface area contributed by atoms with Gasteiger partial charge in [-0.15, -0.1) is 0 Å². The van der Waals surface area contributed by atoms with Crippen molar-refractivity contribution < 1.29 is 4.79 Å². The van der Waals surface area contributed by atoms with E-state index in [2.05, 4.69) is 36.6 Å². The Bertz CT molecular complexity index is 522. The summed E-state index contributed by atoms with van der Waals surface area (Å²) in [5, 5.41) is 6.66. The minimum Gasteiger partial charge on any atom is -0.382 e. The number of nitrogens with one attached hydrogen (secondary N) is 2. The van der Waals surface area contributed by atoms with E-state index < -0.39 is 0 Å². The second-order valence-corrected chi connectivity index (χ2v) is 6.85. The molecule has 0 spiro atoms. The number of carbonyl (C=O) groups is 1. The highest BCUT2D eigenvalue weighted by Gasteiger charge is 2.32. The molecular formula is C17H24N2O. The molecule has 0 saturated heterocycles. The van der Waals surface area contributed by atoms with E-state index in [1.54, 1.807) is 0 Å². The zero-order valence-electron chi connectivity index (χ0n) is 12.5. The van der Waals surface area contributed by atoms with E-state index in [0.29, 0.717) is 17.9 Å². The number of amides is 1. The Labute approximate surface area is 121 Å². The Balaban J connectivity index is 1.76. The molecule has 1 atom stereocenters. The molecule has 1 unspecified atom stereocenters. The fourth-order valence-electron chi connectivity index (χ4n) is 3.44. The molecule has 1 aromatic carbocycles. The summed E-state index contributed by atoms with van der Waals surface area (Å²) in [4.78, 5) is 11.4. The third-order valence-electron chi connectivity index (χ3n) is 4.85. The standard InChI is InChI=1S/C17H24N2O/c1-17(2)10-4-3-5-15(17)18-13-7-8-14-12(11-13)6-9-16(20)19-14/h7-8,11,15,18H,3-6,9-10H2,1-2H3,(H,19,20). The summed E-state index contributed by atoms with van der Waals surface area (Å²) in [6.45, 7) is 4.73. The molecule has 1 fully saturated rings. The van der Waals surface area contributed by atoms with Crippen molar-refractivity contribution in [2.45, 2.75) is 58.4 Å². The summed E-state index contributed by atoms with van der Waals surface area (Å²) in [7, 11) is 0. The van der Waals surface area contributed by atoms with Crippen LogP contribution >= 0.6 is 0 Å². The zero-order valence-corrected chi connectivity index (χ0v) is 12.5. The lowest BCUT2D eigenvalue weighted by atomic mass is 9.73. The predicted molar refractivity (Wildman–Crippen MR) is 83.1 cm³/mol. The van der Waals surface area contributed by atoms with E-state index in [9.17, 15) is 4.79 Å². The van der Waals surface area contributed by atoms with Gasteiger partial charge in [0.05, 0.1) is 0 Å². The van der Waals surface area contributed by atoms with E-state index in [1.807, 2.05) is 6.07 Å². The second-order valence-electron chi connectivity index (χ2n) is 6.85. The number of hydrogen-bond donors (Lipinski definition) is 2. The number of anilines is 2. The first-order valence-corrected chi connectivity index (χ1v) is 7.74. The number of rotatable bonds is 2. The van der Waals surface area contributed by atoms with Gasteiger partial charge in [-0.05, 0) is 48.4 Å². The van der Waals surface area contributed by atoms with Crippen molar-refractivity contribution in [3.8, 4) is 0 Å². The molecule has 0 bridgehead atoms. The molecule has 3 heteroatoms. The van der Waals surface area contributed by atoms with E-state index >= 15 is 0 Å². The first-order valence-electron chi connectivity index (χ1n) is 7.74. The second kappa shape index (κ2) is 5.12. The van der Waals surface area contributed by atoms with Gasteiger partial charge >= 0.3 is 0 Å². The number of benzene rings is 1. The number of fused-ring (bicyclic) bond motifs is 1. The van der Waals surface area contributed by atoms with E-state index in [0.717, 1.165) is 12.1 Å². The van der Waals surface area contributed by atoms with Crippen molar-refractivity contribution >= 4 is 17.3 Å². The van der Waals surface area contributed by atoms with Gasteiger partial charge in [-0.2, -0.15) is 0 Å². The van der Waals surface area contributed by atoms with Gasteiger partial charge in [0.25, 0.3) is 0 Å². The predicted octanol–water partition coefficient (Wildman–Crippen LogP) is 3.95. The molecule has 1 aliphatic carbocycles. The Kier molecular flexibility index (Phi) is 3.45. The van der Waals surface area contributed by atoms with Crippen LogP contribution in [0.15, 0.2) is 18.2 Å². The van der Waals surface area contributed by atoms with Gasteiger partial charge < -0.3 is 10.6 Å². The SMILES string of the molecule is CC1(C)CCCCC1Nc1ccc2c(c1)CCC(=O)N2. The van der Waals surface area contributed by atoms with Crippen LogP contribution in [0, 0.1) is 5.41 Å². The molecule has 0 aromatic heterocycles. The molecule has 1 heterocycles. The topological polar surface area (TPSA) is 41.1 Å². The Morgan fingerprint density at radius 3 is 2.90 bits per heavy atom. The fourth-order valence-corrected chi connectivity index (χ4v) is 3.44. The van der Waals surface area contributed by atoms with Crippen molar-refractivity contribution in [3.63, 3.8) is 0 Å². The molecule has 0 radical (unpaired) electrons. The Morgan fingerprint density at radius 2 is 2.10 bits per heavy atom. The van der Waals surface area contributed by atoms with Crippen LogP contribution in [0.25, 0.3) is 0 Å². The smallest absolute Gasteiger partial charge is 0.224 e. The van der Waals surface area contributed by atoms with Gasteiger partial charge in [-0.1, -0.05) is 26.7 Å². The lowest BCUT2D eigenvalue weighted by Gasteiger charge is -2.39. The molecule has 20 heavy (non-hydrogen) atoms. The monoisotopic (exact) mass is 272 g/mol. The summed E-state index contributed by atoms with van der Waals surface area (Å²) < 4.78 is 0. The van der Waals surface area contributed by atoms with E-state index in [1.165, 1.54) is 36.9 Å². The molecule has 108 valence electrons. The lowest BCUT2D eigenvalue weighted by molar-refractivity contribution is -0.116. The highest BCUT2D eigenvalue weighted by Crippen LogP contribution is 2.37. The molecular weight excluding hydrogens is 248 g/mol. The van der Waals surface area contributed by atoms with Gasteiger partial charge in [0.2, 0.25) is 5.91 Å². The summed E-state index contributed by atoms with van der Waals surface area (Å²) in [5.41, 5.74) is 3.79. The van der Waals surface area contributed by atoms with Crippen molar-refractivity contribution in [2.75, 3.05) is 10.6 Å². The summed E-state index contributed by atoms with van der Waals surface area (Å²) in [6, 6.07) is 6.88. The maximum absolute atomic E-state index is 11.4. The first kappa shape index (κ1) is 13.5. The number of carbonyl (C=O) groups excluding carboxylic acids is 1. The summed E-state index contributed by atoms with van der Waals surface area (Å²) in [5.74, 6) is 0.131. The average Bonchev–Trinajstić information content (AvgIpc) is 2.41. The fraction of sp³-hybridized carbons (Fsp3) is 0.588. The van der Waals surface area contributed by atoms with Crippen molar-refractivity contribution in [1.82, 2.24) is 0 Å². The average molecular weight is 272 g/mol. The largest absolute Gasteiger partial charge is 0.382 e. The van der Waals surface area contributed by atoms with E-state index in [4.69, 9.17) is 0 Å². The third kappa shape index (κ3) is 2.67. The number of aryl methyl sites for hydroxylation is 1. The molecule has 1 amide bonds. The van der Waals surface area contributed by atoms with Crippen LogP contribution in [-0.2, 0) is 11.2 Å². The highest BCUT2D eigenvalue weighted by molar-refractivity contribution is 5.94. The Morgan fingerprint density at radius 1 is 1.25 bits per heavy atom. The van der Waals surface area contributed by atoms with Crippen LogP contribution in [0.5, 0.6) is 0 Å². The van der Waals surface area contributed by atoms with Crippen LogP contribution in [0.4, 0.5) is 11.4 Å². The zero-order chi connectivity index (χ0) is 14.2. The molecule has 3 nitrogen and oxygen atoms in total. The first-order chi connectivity index (χ1) is 9.54. The van der Waals surface area contributed by atoms with Gasteiger partial charge in [0, 0.05) is 23.8 Å². The van der Waals surface area contributed by atoms with Gasteiger partial charge in [-0.25, -0.2) is 0 Å². The van der Waals surface area contributed by atoms with Crippen LogP contribution < -0.4 is 10.6 Å². The van der Waals surface area contributed by atoms with Crippen LogP contribution in [-0.4, -0.2) is 11.9 Å².